The molecule has 2 aromatic heterocycles. The molecule has 1 aliphatic rings. The van der Waals surface area contributed by atoms with Gasteiger partial charge in [0.15, 0.2) is 0 Å². The van der Waals surface area contributed by atoms with Crippen LogP contribution in [0.4, 0.5) is 0 Å². The second-order valence-electron chi connectivity index (χ2n) is 6.08. The Labute approximate surface area is 136 Å². The molecular formula is C17H23N5O. The van der Waals surface area contributed by atoms with Crippen LogP contribution in [0.2, 0.25) is 0 Å². The second kappa shape index (κ2) is 6.91. The predicted octanol–water partition coefficient (Wildman–Crippen LogP) is 1.79. The van der Waals surface area contributed by atoms with Crippen LogP contribution in [-0.4, -0.2) is 31.9 Å². The fourth-order valence-electron chi connectivity index (χ4n) is 3.10. The molecule has 1 N–H and O–H groups in total. The minimum atomic E-state index is -0.0524. The van der Waals surface area contributed by atoms with Gasteiger partial charge in [0.25, 0.3) is 0 Å². The third-order valence-electron chi connectivity index (χ3n) is 4.34. The minimum absolute atomic E-state index is 0.0524. The van der Waals surface area contributed by atoms with Crippen LogP contribution >= 0.6 is 0 Å². The number of aryl methyl sites for hydroxylation is 1. The Hall–Kier alpha value is -2.21. The standard InChI is InChI=1S/C17H23N5O/c1-13(23)19-10-14-9-18-11-16(20-14)17-6-4-8-22(17)12-15-5-3-7-21(15)2/h3,5,7,9,11,17H,4,6,8,10,12H2,1-2H3,(H,19,23). The molecule has 6 nitrogen and oxygen atoms in total. The van der Waals surface area contributed by atoms with Crippen molar-refractivity contribution in [1.29, 1.82) is 0 Å². The van der Waals surface area contributed by atoms with Gasteiger partial charge in [0.05, 0.1) is 36.4 Å². The molecule has 0 radical (unpaired) electrons. The van der Waals surface area contributed by atoms with Crippen LogP contribution in [0.1, 0.15) is 42.9 Å². The molecule has 3 heterocycles. The second-order valence-corrected chi connectivity index (χ2v) is 6.08. The number of carbonyl (C=O) groups is 1. The molecule has 0 bridgehead atoms. The lowest BCUT2D eigenvalue weighted by Gasteiger charge is -2.24. The predicted molar refractivity (Wildman–Crippen MR) is 87.4 cm³/mol. The first-order valence-electron chi connectivity index (χ1n) is 8.03. The van der Waals surface area contributed by atoms with Crippen LogP contribution in [0.5, 0.6) is 0 Å². The number of amides is 1. The third-order valence-corrected chi connectivity index (χ3v) is 4.34. The molecule has 3 rings (SSSR count). The summed E-state index contributed by atoms with van der Waals surface area (Å²) in [5, 5.41) is 2.78. The Balaban J connectivity index is 1.73. The van der Waals surface area contributed by atoms with Crippen molar-refractivity contribution >= 4 is 5.91 Å². The van der Waals surface area contributed by atoms with Crippen molar-refractivity contribution in [3.63, 3.8) is 0 Å². The van der Waals surface area contributed by atoms with Crippen molar-refractivity contribution < 1.29 is 4.79 Å². The summed E-state index contributed by atoms with van der Waals surface area (Å²) in [7, 11) is 2.08. The molecule has 0 aromatic carbocycles. The van der Waals surface area contributed by atoms with Crippen LogP contribution in [0.3, 0.4) is 0 Å². The molecule has 0 spiro atoms. The zero-order valence-electron chi connectivity index (χ0n) is 13.7. The normalized spacial score (nSPS) is 18.3. The number of hydrogen-bond donors (Lipinski definition) is 1. The van der Waals surface area contributed by atoms with Gasteiger partial charge >= 0.3 is 0 Å². The zero-order valence-corrected chi connectivity index (χ0v) is 13.7. The van der Waals surface area contributed by atoms with Crippen LogP contribution in [0.25, 0.3) is 0 Å². The summed E-state index contributed by atoms with van der Waals surface area (Å²) < 4.78 is 2.16. The molecule has 1 fully saturated rings. The van der Waals surface area contributed by atoms with Gasteiger partial charge in [-0.25, -0.2) is 0 Å². The molecule has 1 amide bonds. The maximum atomic E-state index is 11.1. The van der Waals surface area contributed by atoms with Crippen molar-refractivity contribution in [3.8, 4) is 0 Å². The first-order chi connectivity index (χ1) is 11.1. The number of hydrogen-bond acceptors (Lipinski definition) is 4. The van der Waals surface area contributed by atoms with Gasteiger partial charge in [0, 0.05) is 32.4 Å². The molecule has 122 valence electrons. The van der Waals surface area contributed by atoms with Gasteiger partial charge in [0.1, 0.15) is 0 Å². The third kappa shape index (κ3) is 3.76. The lowest BCUT2D eigenvalue weighted by molar-refractivity contribution is -0.119. The van der Waals surface area contributed by atoms with Gasteiger partial charge in [-0.05, 0) is 31.5 Å². The Kier molecular flexibility index (Phi) is 4.71. The highest BCUT2D eigenvalue weighted by molar-refractivity contribution is 5.72. The van der Waals surface area contributed by atoms with Crippen molar-refractivity contribution in [2.45, 2.75) is 38.9 Å². The molecule has 0 aliphatic carbocycles. The zero-order chi connectivity index (χ0) is 16.2. The minimum Gasteiger partial charge on any atom is -0.353 e. The van der Waals surface area contributed by atoms with Crippen molar-refractivity contribution in [2.75, 3.05) is 6.54 Å². The lowest BCUT2D eigenvalue weighted by atomic mass is 10.1. The van der Waals surface area contributed by atoms with E-state index in [0.717, 1.165) is 30.9 Å². The molecule has 1 aliphatic heterocycles. The molecule has 1 saturated heterocycles. The average Bonchev–Trinajstić information content (AvgIpc) is 3.16. The highest BCUT2D eigenvalue weighted by atomic mass is 16.1. The molecule has 0 saturated carbocycles. The van der Waals surface area contributed by atoms with E-state index in [9.17, 15) is 4.79 Å². The topological polar surface area (TPSA) is 63.1 Å². The number of rotatable bonds is 5. The number of likely N-dealkylation sites (tertiary alicyclic amines) is 1. The summed E-state index contributed by atoms with van der Waals surface area (Å²) in [6.45, 7) is 3.94. The van der Waals surface area contributed by atoms with E-state index in [1.54, 1.807) is 6.20 Å². The maximum Gasteiger partial charge on any atom is 0.217 e. The van der Waals surface area contributed by atoms with E-state index in [1.165, 1.54) is 19.0 Å². The fourth-order valence-corrected chi connectivity index (χ4v) is 3.10. The number of carbonyl (C=O) groups excluding carboxylic acids is 1. The molecule has 6 heteroatoms. The Morgan fingerprint density at radius 3 is 3.04 bits per heavy atom. The highest BCUT2D eigenvalue weighted by Gasteiger charge is 2.28. The van der Waals surface area contributed by atoms with Gasteiger partial charge in [-0.2, -0.15) is 0 Å². The average molecular weight is 313 g/mol. The molecule has 1 atom stereocenters. The smallest absolute Gasteiger partial charge is 0.217 e. The summed E-state index contributed by atoms with van der Waals surface area (Å²) in [5.41, 5.74) is 3.11. The first kappa shape index (κ1) is 15.7. The van der Waals surface area contributed by atoms with Gasteiger partial charge in [-0.1, -0.05) is 0 Å². The number of nitrogens with one attached hydrogen (secondary N) is 1. The monoisotopic (exact) mass is 313 g/mol. The van der Waals surface area contributed by atoms with Crippen LogP contribution < -0.4 is 5.32 Å². The van der Waals surface area contributed by atoms with E-state index in [1.807, 2.05) is 6.20 Å². The highest BCUT2D eigenvalue weighted by Crippen LogP contribution is 2.31. The van der Waals surface area contributed by atoms with E-state index in [0.29, 0.717) is 12.6 Å². The number of aromatic nitrogens is 3. The van der Waals surface area contributed by atoms with Crippen molar-refractivity contribution in [1.82, 2.24) is 24.8 Å². The van der Waals surface area contributed by atoms with Crippen LogP contribution in [0.15, 0.2) is 30.7 Å². The summed E-state index contributed by atoms with van der Waals surface area (Å²) in [4.78, 5) is 22.5. The summed E-state index contributed by atoms with van der Waals surface area (Å²) in [6.07, 6.45) is 7.92. The van der Waals surface area contributed by atoms with E-state index in [2.05, 4.69) is 45.1 Å². The van der Waals surface area contributed by atoms with Gasteiger partial charge in [0.2, 0.25) is 5.91 Å². The maximum absolute atomic E-state index is 11.1. The van der Waals surface area contributed by atoms with Gasteiger partial charge in [-0.15, -0.1) is 0 Å². The lowest BCUT2D eigenvalue weighted by Crippen LogP contribution is -2.25. The summed E-state index contributed by atoms with van der Waals surface area (Å²) in [6, 6.07) is 4.54. The first-order valence-corrected chi connectivity index (χ1v) is 8.03. The van der Waals surface area contributed by atoms with Crippen molar-refractivity contribution in [3.05, 3.63) is 47.8 Å². The Bertz CT molecular complexity index is 681. The number of nitrogens with zero attached hydrogens (tertiary/aromatic N) is 4. The van der Waals surface area contributed by atoms with E-state index >= 15 is 0 Å². The van der Waals surface area contributed by atoms with E-state index in [-0.39, 0.29) is 5.91 Å². The molecule has 23 heavy (non-hydrogen) atoms. The quantitative estimate of drug-likeness (QED) is 0.914. The Morgan fingerprint density at radius 2 is 2.30 bits per heavy atom. The largest absolute Gasteiger partial charge is 0.353 e. The summed E-state index contributed by atoms with van der Waals surface area (Å²) in [5.74, 6) is -0.0524. The van der Waals surface area contributed by atoms with Crippen LogP contribution in [-0.2, 0) is 24.9 Å². The molecule has 1 unspecified atom stereocenters. The van der Waals surface area contributed by atoms with Crippen LogP contribution in [0, 0.1) is 0 Å². The van der Waals surface area contributed by atoms with E-state index < -0.39 is 0 Å². The van der Waals surface area contributed by atoms with Gasteiger partial charge in [-0.3, -0.25) is 19.7 Å². The van der Waals surface area contributed by atoms with E-state index in [4.69, 9.17) is 4.98 Å². The molecular weight excluding hydrogens is 290 g/mol. The fraction of sp³-hybridized carbons (Fsp3) is 0.471. The van der Waals surface area contributed by atoms with Crippen molar-refractivity contribution in [2.24, 2.45) is 7.05 Å². The molecule has 2 aromatic rings. The summed E-state index contributed by atoms with van der Waals surface area (Å²) >= 11 is 0. The SMILES string of the molecule is CC(=O)NCc1cncc(C2CCCN2Cc2cccn2C)n1. The van der Waals surface area contributed by atoms with Gasteiger partial charge < -0.3 is 9.88 Å². The Morgan fingerprint density at radius 1 is 1.43 bits per heavy atom.